The third-order valence-corrected chi connectivity index (χ3v) is 5.43. The molecular weight excluding hydrogens is 320 g/mol. The first-order chi connectivity index (χ1) is 12.6. The summed E-state index contributed by atoms with van der Waals surface area (Å²) in [6, 6.07) is 22.2. The summed E-state index contributed by atoms with van der Waals surface area (Å²) in [5.74, 6) is 2.80. The number of benzene rings is 2. The van der Waals surface area contributed by atoms with Crippen molar-refractivity contribution in [1.82, 2.24) is 0 Å². The SMILES string of the molecule is CC1(C)[C@@H]2C(c3ccccc3)=N[N+](C(=C=N)C#N)=C(c3ccccc3)[C@@H]21. The van der Waals surface area contributed by atoms with E-state index < -0.39 is 0 Å². The first-order valence-corrected chi connectivity index (χ1v) is 8.65. The van der Waals surface area contributed by atoms with E-state index in [-0.39, 0.29) is 17.0 Å². The number of nitrogens with zero attached hydrogens (tertiary/aromatic N) is 3. The van der Waals surface area contributed by atoms with Crippen molar-refractivity contribution in [3.8, 4) is 6.07 Å². The maximum atomic E-state index is 9.54. The molecule has 1 fully saturated rings. The summed E-state index contributed by atoms with van der Waals surface area (Å²) in [5, 5.41) is 21.9. The predicted octanol–water partition coefficient (Wildman–Crippen LogP) is 3.83. The number of hydrazone groups is 1. The topological polar surface area (TPSA) is 63.0 Å². The largest absolute Gasteiger partial charge is 0.376 e. The lowest BCUT2D eigenvalue weighted by Crippen LogP contribution is -2.28. The van der Waals surface area contributed by atoms with E-state index in [0.717, 1.165) is 22.6 Å². The van der Waals surface area contributed by atoms with Crippen molar-refractivity contribution in [3.63, 3.8) is 0 Å². The number of allylic oxidation sites excluding steroid dienone is 1. The molecule has 1 N–H and O–H groups in total. The Morgan fingerprint density at radius 3 is 2.12 bits per heavy atom. The highest BCUT2D eigenvalue weighted by Gasteiger charge is 2.68. The van der Waals surface area contributed by atoms with Crippen LogP contribution in [0.4, 0.5) is 0 Å². The van der Waals surface area contributed by atoms with Crippen molar-refractivity contribution in [2.75, 3.05) is 0 Å². The molecule has 2 aromatic rings. The molecule has 0 aromatic heterocycles. The molecule has 26 heavy (non-hydrogen) atoms. The molecule has 0 bridgehead atoms. The highest BCUT2D eigenvalue weighted by Crippen LogP contribution is 2.62. The maximum Gasteiger partial charge on any atom is 0.376 e. The summed E-state index contributed by atoms with van der Waals surface area (Å²) in [6.07, 6.45) is 0. The molecule has 2 aromatic carbocycles. The second-order valence-electron chi connectivity index (χ2n) is 7.28. The minimum Gasteiger partial charge on any atom is -0.252 e. The van der Waals surface area contributed by atoms with E-state index in [1.165, 1.54) is 0 Å². The third kappa shape index (κ3) is 2.34. The Morgan fingerprint density at radius 2 is 1.58 bits per heavy atom. The van der Waals surface area contributed by atoms with E-state index in [9.17, 15) is 5.26 Å². The van der Waals surface area contributed by atoms with Gasteiger partial charge in [-0.15, -0.1) is 0 Å². The normalized spacial score (nSPS) is 22.6. The Bertz CT molecular complexity index is 1020. The molecular formula is C22H19N4+. The first kappa shape index (κ1) is 16.2. The number of nitriles is 1. The fourth-order valence-corrected chi connectivity index (χ4v) is 4.07. The van der Waals surface area contributed by atoms with Crippen molar-refractivity contribution in [2.24, 2.45) is 22.4 Å². The van der Waals surface area contributed by atoms with Gasteiger partial charge in [-0.1, -0.05) is 62.4 Å². The molecule has 0 saturated heterocycles. The number of nitrogens with one attached hydrogen (secondary N) is 1. The van der Waals surface area contributed by atoms with E-state index in [4.69, 9.17) is 10.5 Å². The Balaban J connectivity index is 2.01. The van der Waals surface area contributed by atoms with Crippen LogP contribution in [-0.2, 0) is 0 Å². The van der Waals surface area contributed by atoms with Crippen LogP contribution in [0.15, 0.2) is 71.5 Å². The number of hydrogen-bond donors (Lipinski definition) is 1. The van der Waals surface area contributed by atoms with Crippen LogP contribution in [0, 0.1) is 34.0 Å². The zero-order valence-electron chi connectivity index (χ0n) is 14.8. The van der Waals surface area contributed by atoms with Crippen LogP contribution in [0.2, 0.25) is 0 Å². The van der Waals surface area contributed by atoms with Gasteiger partial charge in [0.05, 0.1) is 11.8 Å². The average Bonchev–Trinajstić information content (AvgIpc) is 3.25. The molecule has 4 rings (SSSR count). The second-order valence-corrected chi connectivity index (χ2v) is 7.28. The van der Waals surface area contributed by atoms with Gasteiger partial charge in [0, 0.05) is 22.1 Å². The zero-order chi connectivity index (χ0) is 18.3. The van der Waals surface area contributed by atoms with Crippen LogP contribution in [0.1, 0.15) is 25.0 Å². The van der Waals surface area contributed by atoms with Crippen molar-refractivity contribution < 1.29 is 4.68 Å². The summed E-state index contributed by atoms with van der Waals surface area (Å²) in [6.45, 7) is 4.49. The molecule has 1 aliphatic carbocycles. The van der Waals surface area contributed by atoms with Gasteiger partial charge in [0.15, 0.2) is 6.07 Å². The minimum absolute atomic E-state index is 0.0389. The van der Waals surface area contributed by atoms with Crippen molar-refractivity contribution >= 4 is 17.3 Å². The van der Waals surface area contributed by atoms with Gasteiger partial charge in [-0.3, -0.25) is 5.41 Å². The Labute approximate surface area is 152 Å². The standard InChI is InChI=1S/C22H19N4/c1-22(2)18-19(22)21(16-11-7-4-8-12-16)26(17(13-23)14-24)25-20(18)15-9-5-3-6-10-15/h3-12,18-19,23H,1-2H3/q+1/t18-,19+/m0/s1. The van der Waals surface area contributed by atoms with Crippen LogP contribution in [0.5, 0.6) is 0 Å². The van der Waals surface area contributed by atoms with E-state index in [0.29, 0.717) is 5.92 Å². The molecule has 2 atom stereocenters. The van der Waals surface area contributed by atoms with Gasteiger partial charge in [0.2, 0.25) is 5.71 Å². The van der Waals surface area contributed by atoms with Gasteiger partial charge < -0.3 is 0 Å². The van der Waals surface area contributed by atoms with Crippen LogP contribution in [-0.4, -0.2) is 22.0 Å². The predicted molar refractivity (Wildman–Crippen MR) is 101 cm³/mol. The maximum absolute atomic E-state index is 9.54. The lowest BCUT2D eigenvalue weighted by atomic mass is 9.98. The molecule has 1 aliphatic heterocycles. The molecule has 2 aliphatic rings. The Hall–Kier alpha value is -3.28. The van der Waals surface area contributed by atoms with E-state index in [1.807, 2.05) is 48.5 Å². The van der Waals surface area contributed by atoms with Gasteiger partial charge in [0.1, 0.15) is 5.71 Å². The van der Waals surface area contributed by atoms with Crippen molar-refractivity contribution in [2.45, 2.75) is 13.8 Å². The quantitative estimate of drug-likeness (QED) is 0.515. The highest BCUT2D eigenvalue weighted by atomic mass is 15.4. The monoisotopic (exact) mass is 339 g/mol. The van der Waals surface area contributed by atoms with Gasteiger partial charge in [-0.2, -0.15) is 5.26 Å². The second kappa shape index (κ2) is 5.91. The zero-order valence-corrected chi connectivity index (χ0v) is 14.8. The number of fused-ring (bicyclic) bond motifs is 1. The van der Waals surface area contributed by atoms with Crippen LogP contribution >= 0.6 is 0 Å². The van der Waals surface area contributed by atoms with Gasteiger partial charge in [-0.25, -0.2) is 0 Å². The van der Waals surface area contributed by atoms with Crippen LogP contribution < -0.4 is 0 Å². The first-order valence-electron chi connectivity index (χ1n) is 8.65. The van der Waals surface area contributed by atoms with Crippen molar-refractivity contribution in [3.05, 3.63) is 77.5 Å². The highest BCUT2D eigenvalue weighted by molar-refractivity contribution is 6.13. The number of hydrogen-bond acceptors (Lipinski definition) is 3. The summed E-state index contributed by atoms with van der Waals surface area (Å²) in [7, 11) is 0. The molecule has 0 radical (unpaired) electrons. The molecule has 4 nitrogen and oxygen atoms in total. The summed E-state index contributed by atoms with van der Waals surface area (Å²) in [5.41, 5.74) is 4.20. The molecule has 126 valence electrons. The Kier molecular flexibility index (Phi) is 3.68. The van der Waals surface area contributed by atoms with Gasteiger partial charge in [0.25, 0.3) is 0 Å². The third-order valence-electron chi connectivity index (χ3n) is 5.43. The Morgan fingerprint density at radius 1 is 1.00 bits per heavy atom. The fourth-order valence-electron chi connectivity index (χ4n) is 4.07. The van der Waals surface area contributed by atoms with Crippen molar-refractivity contribution in [1.29, 1.82) is 10.7 Å². The number of rotatable bonds is 3. The molecule has 1 heterocycles. The molecule has 0 amide bonds. The van der Waals surface area contributed by atoms with E-state index >= 15 is 0 Å². The summed E-state index contributed by atoms with van der Waals surface area (Å²) < 4.78 is 1.63. The van der Waals surface area contributed by atoms with Crippen LogP contribution in [0.3, 0.4) is 0 Å². The van der Waals surface area contributed by atoms with Gasteiger partial charge >= 0.3 is 5.70 Å². The lowest BCUT2D eigenvalue weighted by Gasteiger charge is -2.11. The van der Waals surface area contributed by atoms with Crippen LogP contribution in [0.25, 0.3) is 0 Å². The fraction of sp³-hybridized carbons (Fsp3) is 0.227. The summed E-state index contributed by atoms with van der Waals surface area (Å²) >= 11 is 0. The minimum atomic E-state index is 0.0389. The molecule has 1 saturated carbocycles. The van der Waals surface area contributed by atoms with Gasteiger partial charge in [-0.05, 0) is 22.2 Å². The summed E-state index contributed by atoms with van der Waals surface area (Å²) in [4.78, 5) is 0. The molecule has 0 spiro atoms. The average molecular weight is 339 g/mol. The molecule has 4 heteroatoms. The lowest BCUT2D eigenvalue weighted by molar-refractivity contribution is -0.476. The smallest absolute Gasteiger partial charge is 0.252 e. The van der Waals surface area contributed by atoms with E-state index in [1.54, 1.807) is 4.68 Å². The van der Waals surface area contributed by atoms with E-state index in [2.05, 4.69) is 37.9 Å². The molecule has 0 unspecified atom stereocenters.